The van der Waals surface area contributed by atoms with Gasteiger partial charge in [-0.05, 0) is 18.2 Å². The summed E-state index contributed by atoms with van der Waals surface area (Å²) in [4.78, 5) is 4.13. The van der Waals surface area contributed by atoms with Crippen molar-refractivity contribution in [3.8, 4) is 0 Å². The van der Waals surface area contributed by atoms with Crippen molar-refractivity contribution in [2.24, 2.45) is 0 Å². The number of nitrogens with one attached hydrogen (secondary N) is 1. The summed E-state index contributed by atoms with van der Waals surface area (Å²) < 4.78 is 34.1. The van der Waals surface area contributed by atoms with Crippen molar-refractivity contribution in [3.05, 3.63) is 59.9 Å². The van der Waals surface area contributed by atoms with Gasteiger partial charge in [0.15, 0.2) is 0 Å². The Hall–Kier alpha value is -2.00. The summed E-state index contributed by atoms with van der Waals surface area (Å²) in [7, 11) is -3.70. The maximum absolute atomic E-state index is 12.5. The van der Waals surface area contributed by atoms with E-state index in [0.717, 1.165) is 0 Å². The molecule has 0 saturated carbocycles. The van der Waals surface area contributed by atoms with Crippen molar-refractivity contribution in [2.75, 3.05) is 31.0 Å². The fraction of sp³-hybridized carbons (Fsp3) is 0.312. The number of aliphatic hydroxyl groups is 1. The number of nitrogens with zero attached hydrogens (tertiary/aromatic N) is 2. The molecule has 0 radical (unpaired) electrons. The third kappa shape index (κ3) is 3.73. The van der Waals surface area contributed by atoms with E-state index in [1.165, 1.54) is 4.31 Å². The van der Waals surface area contributed by atoms with Crippen LogP contribution in [0.1, 0.15) is 17.4 Å². The van der Waals surface area contributed by atoms with Crippen molar-refractivity contribution in [1.82, 2.24) is 9.29 Å². The predicted octanol–water partition coefficient (Wildman–Crippen LogP) is 1.15. The number of ether oxygens (including phenoxy) is 1. The van der Waals surface area contributed by atoms with Crippen LogP contribution in [0.5, 0.6) is 0 Å². The highest BCUT2D eigenvalue weighted by molar-refractivity contribution is 7.90. The molecule has 1 fully saturated rings. The van der Waals surface area contributed by atoms with Gasteiger partial charge in [-0.15, -0.1) is 0 Å². The number of benzene rings is 1. The van der Waals surface area contributed by atoms with Gasteiger partial charge in [-0.25, -0.2) is 0 Å². The van der Waals surface area contributed by atoms with Gasteiger partial charge in [-0.2, -0.15) is 12.7 Å². The molecule has 1 aromatic carbocycles. The molecule has 24 heavy (non-hydrogen) atoms. The van der Waals surface area contributed by atoms with Crippen molar-refractivity contribution in [3.63, 3.8) is 0 Å². The van der Waals surface area contributed by atoms with Gasteiger partial charge in [0.25, 0.3) is 0 Å². The molecule has 1 unspecified atom stereocenters. The molecule has 0 aliphatic carbocycles. The molecular formula is C16H19N3O4S. The van der Waals surface area contributed by atoms with Gasteiger partial charge in [0.05, 0.1) is 24.6 Å². The highest BCUT2D eigenvalue weighted by atomic mass is 32.2. The van der Waals surface area contributed by atoms with Crippen LogP contribution in [0, 0.1) is 0 Å². The number of morpholine rings is 1. The maximum Gasteiger partial charge on any atom is 0.301 e. The predicted molar refractivity (Wildman–Crippen MR) is 89.7 cm³/mol. The molecule has 8 heteroatoms. The van der Waals surface area contributed by atoms with Crippen molar-refractivity contribution >= 4 is 15.9 Å². The molecule has 0 amide bonds. The first-order valence-electron chi connectivity index (χ1n) is 7.61. The second-order valence-electron chi connectivity index (χ2n) is 5.36. The van der Waals surface area contributed by atoms with Gasteiger partial charge in [0, 0.05) is 24.8 Å². The average Bonchev–Trinajstić information content (AvgIpc) is 2.63. The van der Waals surface area contributed by atoms with E-state index in [9.17, 15) is 13.5 Å². The average molecular weight is 349 g/mol. The minimum Gasteiger partial charge on any atom is -0.382 e. The number of pyridine rings is 1. The van der Waals surface area contributed by atoms with Gasteiger partial charge in [-0.3, -0.25) is 9.71 Å². The molecule has 3 rings (SSSR count). The minimum atomic E-state index is -3.70. The Kier molecular flexibility index (Phi) is 5.10. The number of hydrogen-bond donors (Lipinski definition) is 2. The Labute approximate surface area is 141 Å². The van der Waals surface area contributed by atoms with Crippen LogP contribution in [0.15, 0.2) is 48.7 Å². The fourth-order valence-corrected chi connectivity index (χ4v) is 3.74. The van der Waals surface area contributed by atoms with Crippen molar-refractivity contribution in [1.29, 1.82) is 0 Å². The van der Waals surface area contributed by atoms with Crippen molar-refractivity contribution in [2.45, 2.75) is 6.10 Å². The molecule has 2 heterocycles. The number of para-hydroxylation sites is 1. The molecular weight excluding hydrogens is 330 g/mol. The van der Waals surface area contributed by atoms with Gasteiger partial charge in [-0.1, -0.05) is 24.3 Å². The minimum absolute atomic E-state index is 0.306. The standard InChI is InChI=1S/C16H19N3O4S/c20-16(15-7-3-4-8-17-15)13-5-1-2-6-14(13)18-24(21,22)19-9-11-23-12-10-19/h1-8,16,18,20H,9-12H2. The summed E-state index contributed by atoms with van der Waals surface area (Å²) in [6.07, 6.45) is 0.564. The fourth-order valence-electron chi connectivity index (χ4n) is 2.52. The first kappa shape index (κ1) is 16.8. The molecule has 2 N–H and O–H groups in total. The summed E-state index contributed by atoms with van der Waals surface area (Å²) in [5.41, 5.74) is 1.24. The third-order valence-electron chi connectivity index (χ3n) is 3.77. The van der Waals surface area contributed by atoms with E-state index in [0.29, 0.717) is 43.2 Å². The normalized spacial score (nSPS) is 17.4. The Morgan fingerprint density at radius 2 is 1.83 bits per heavy atom. The van der Waals surface area contributed by atoms with Gasteiger partial charge in [0.1, 0.15) is 6.10 Å². The van der Waals surface area contributed by atoms with Crippen molar-refractivity contribution < 1.29 is 18.3 Å². The number of aliphatic hydroxyl groups excluding tert-OH is 1. The zero-order chi connectivity index (χ0) is 17.0. The molecule has 1 aliphatic heterocycles. The number of anilines is 1. The lowest BCUT2D eigenvalue weighted by Crippen LogP contribution is -2.43. The van der Waals surface area contributed by atoms with Crippen LogP contribution in [-0.4, -0.2) is 49.1 Å². The van der Waals surface area contributed by atoms with E-state index in [4.69, 9.17) is 4.74 Å². The second kappa shape index (κ2) is 7.27. The molecule has 128 valence electrons. The number of rotatable bonds is 5. The van der Waals surface area contributed by atoms with Gasteiger partial charge in [0.2, 0.25) is 0 Å². The smallest absolute Gasteiger partial charge is 0.301 e. The molecule has 1 saturated heterocycles. The monoisotopic (exact) mass is 349 g/mol. The van der Waals surface area contributed by atoms with E-state index in [1.807, 2.05) is 0 Å². The van der Waals surface area contributed by atoms with E-state index in [1.54, 1.807) is 48.7 Å². The lowest BCUT2D eigenvalue weighted by molar-refractivity contribution is 0.0733. The Morgan fingerprint density at radius 3 is 2.54 bits per heavy atom. The summed E-state index contributed by atoms with van der Waals surface area (Å²) in [5.74, 6) is 0. The molecule has 0 bridgehead atoms. The van der Waals surface area contributed by atoms with E-state index in [2.05, 4.69) is 9.71 Å². The summed E-state index contributed by atoms with van der Waals surface area (Å²) in [5, 5.41) is 10.5. The summed E-state index contributed by atoms with van der Waals surface area (Å²) in [6.45, 7) is 1.36. The maximum atomic E-state index is 12.5. The van der Waals surface area contributed by atoms with Crippen LogP contribution >= 0.6 is 0 Å². The summed E-state index contributed by atoms with van der Waals surface area (Å²) >= 11 is 0. The summed E-state index contributed by atoms with van der Waals surface area (Å²) in [6, 6.07) is 12.0. The second-order valence-corrected chi connectivity index (χ2v) is 7.03. The van der Waals surface area contributed by atoms with E-state index in [-0.39, 0.29) is 0 Å². The molecule has 1 aromatic heterocycles. The Morgan fingerprint density at radius 1 is 1.12 bits per heavy atom. The highest BCUT2D eigenvalue weighted by Crippen LogP contribution is 2.28. The molecule has 0 spiro atoms. The first-order chi connectivity index (χ1) is 11.6. The zero-order valence-corrected chi connectivity index (χ0v) is 13.8. The topological polar surface area (TPSA) is 91.8 Å². The Bertz CT molecular complexity index is 777. The van der Waals surface area contributed by atoms with Crippen LogP contribution < -0.4 is 4.72 Å². The molecule has 1 atom stereocenters. The molecule has 7 nitrogen and oxygen atoms in total. The van der Waals surface area contributed by atoms with Crippen LogP contribution in [-0.2, 0) is 14.9 Å². The van der Waals surface area contributed by atoms with Gasteiger partial charge < -0.3 is 9.84 Å². The Balaban J connectivity index is 1.87. The molecule has 2 aromatic rings. The van der Waals surface area contributed by atoms with Crippen LogP contribution in [0.2, 0.25) is 0 Å². The zero-order valence-electron chi connectivity index (χ0n) is 13.0. The third-order valence-corrected chi connectivity index (χ3v) is 5.30. The number of hydrogen-bond acceptors (Lipinski definition) is 5. The van der Waals surface area contributed by atoms with Crippen LogP contribution in [0.3, 0.4) is 0 Å². The first-order valence-corrected chi connectivity index (χ1v) is 9.05. The van der Waals surface area contributed by atoms with E-state index < -0.39 is 16.3 Å². The van der Waals surface area contributed by atoms with E-state index >= 15 is 0 Å². The quantitative estimate of drug-likeness (QED) is 0.845. The van der Waals surface area contributed by atoms with Crippen LogP contribution in [0.4, 0.5) is 5.69 Å². The lowest BCUT2D eigenvalue weighted by atomic mass is 10.0. The molecule has 1 aliphatic rings. The highest BCUT2D eigenvalue weighted by Gasteiger charge is 2.26. The number of aromatic nitrogens is 1. The lowest BCUT2D eigenvalue weighted by Gasteiger charge is -2.27. The van der Waals surface area contributed by atoms with Crippen LogP contribution in [0.25, 0.3) is 0 Å². The SMILES string of the molecule is O=S(=O)(Nc1ccccc1C(O)c1ccccn1)N1CCOCC1. The van der Waals surface area contributed by atoms with Gasteiger partial charge >= 0.3 is 10.2 Å². The largest absolute Gasteiger partial charge is 0.382 e.